The number of nitrogens with zero attached hydrogens (tertiary/aromatic N) is 7. The molecule has 0 amide bonds. The summed E-state index contributed by atoms with van der Waals surface area (Å²) in [4.78, 5) is 18.2. The van der Waals surface area contributed by atoms with Crippen molar-refractivity contribution in [3.05, 3.63) is 75.9 Å². The molecule has 0 bridgehead atoms. The summed E-state index contributed by atoms with van der Waals surface area (Å²) >= 11 is 0. The fourth-order valence-corrected chi connectivity index (χ4v) is 7.92. The smallest absolute Gasteiger partial charge is 0.319 e. The first-order valence-electron chi connectivity index (χ1n) is 17.1. The van der Waals surface area contributed by atoms with Gasteiger partial charge in [-0.05, 0) is 81.0 Å². The maximum Gasteiger partial charge on any atom is 0.319 e. The molecule has 3 aliphatic heterocycles. The second kappa shape index (κ2) is 13.3. The van der Waals surface area contributed by atoms with Crippen molar-refractivity contribution in [1.82, 2.24) is 29.6 Å². The highest BCUT2D eigenvalue weighted by Gasteiger charge is 2.49. The molecule has 260 valence electrons. The number of benzene rings is 1. The minimum atomic E-state index is -0.982. The minimum Gasteiger partial charge on any atom is -0.461 e. The van der Waals surface area contributed by atoms with Crippen molar-refractivity contribution in [2.45, 2.75) is 90.4 Å². The molecule has 0 spiro atoms. The van der Waals surface area contributed by atoms with E-state index in [-0.39, 0.29) is 36.0 Å². The zero-order valence-corrected chi connectivity index (χ0v) is 28.1. The monoisotopic (exact) mass is 677 g/mol. The Balaban J connectivity index is 1.37. The number of rotatable bonds is 9. The minimum absolute atomic E-state index is 0.0297. The molecule has 2 saturated heterocycles. The Morgan fingerprint density at radius 3 is 2.80 bits per heavy atom. The van der Waals surface area contributed by atoms with Gasteiger partial charge in [0.15, 0.2) is 5.82 Å². The molecular formula is C36H42F3N7O3. The normalized spacial score (nSPS) is 22.0. The van der Waals surface area contributed by atoms with Crippen LogP contribution in [0.25, 0.3) is 16.5 Å². The van der Waals surface area contributed by atoms with Gasteiger partial charge in [-0.15, -0.1) is 0 Å². The third-order valence-corrected chi connectivity index (χ3v) is 10.2. The van der Waals surface area contributed by atoms with Crippen molar-refractivity contribution in [2.24, 2.45) is 0 Å². The molecule has 3 atom stereocenters. The van der Waals surface area contributed by atoms with Crippen molar-refractivity contribution in [1.29, 1.82) is 0 Å². The number of halogens is 3. The van der Waals surface area contributed by atoms with Gasteiger partial charge in [0.2, 0.25) is 0 Å². The van der Waals surface area contributed by atoms with Gasteiger partial charge in [-0.2, -0.15) is 15.1 Å². The SMILES string of the molecule is CCc1c(F)ccc(C)c1/C(=C\C(C)O)c1ncc2c(N3CCCn4nc(CO)cc4C3)nc(OC[C@@]34CCCN3C[C@H](F)C4)nc2c1F. The summed E-state index contributed by atoms with van der Waals surface area (Å²) in [6, 6.07) is 4.83. The Hall–Kier alpha value is -4.07. The van der Waals surface area contributed by atoms with Crippen molar-refractivity contribution in [2.75, 3.05) is 31.1 Å². The molecule has 3 aromatic heterocycles. The Labute approximate surface area is 283 Å². The quantitative estimate of drug-likeness (QED) is 0.252. The fraction of sp³-hybridized carbons (Fsp3) is 0.500. The van der Waals surface area contributed by atoms with Gasteiger partial charge in [-0.1, -0.05) is 13.0 Å². The molecule has 3 aliphatic rings. The van der Waals surface area contributed by atoms with Crippen LogP contribution in [0.2, 0.25) is 0 Å². The van der Waals surface area contributed by atoms with Crippen LogP contribution in [-0.4, -0.2) is 83.9 Å². The lowest BCUT2D eigenvalue weighted by Gasteiger charge is -2.31. The molecule has 13 heteroatoms. The summed E-state index contributed by atoms with van der Waals surface area (Å²) in [5, 5.41) is 25.1. The van der Waals surface area contributed by atoms with Crippen molar-refractivity contribution in [3.63, 3.8) is 0 Å². The molecule has 2 fully saturated rings. The first kappa shape index (κ1) is 33.4. The predicted molar refractivity (Wildman–Crippen MR) is 179 cm³/mol. The highest BCUT2D eigenvalue weighted by Crippen LogP contribution is 2.41. The summed E-state index contributed by atoms with van der Waals surface area (Å²) in [6.07, 6.45) is 4.24. The number of alkyl halides is 1. The van der Waals surface area contributed by atoms with Crippen LogP contribution in [0.15, 0.2) is 30.5 Å². The van der Waals surface area contributed by atoms with Crippen molar-refractivity contribution in [3.8, 4) is 6.01 Å². The first-order chi connectivity index (χ1) is 23.6. The molecule has 0 aliphatic carbocycles. The molecule has 1 aromatic carbocycles. The average Bonchev–Trinajstić information content (AvgIpc) is 3.70. The Kier molecular flexibility index (Phi) is 9.09. The van der Waals surface area contributed by atoms with Crippen LogP contribution in [0.5, 0.6) is 6.01 Å². The molecule has 6 heterocycles. The lowest BCUT2D eigenvalue weighted by atomic mass is 9.89. The van der Waals surface area contributed by atoms with Crippen LogP contribution in [0.3, 0.4) is 0 Å². The molecule has 10 nitrogen and oxygen atoms in total. The average molecular weight is 678 g/mol. The van der Waals surface area contributed by atoms with Gasteiger partial charge in [0, 0.05) is 37.8 Å². The number of fused-ring (bicyclic) bond motifs is 3. The molecule has 49 heavy (non-hydrogen) atoms. The molecule has 1 unspecified atom stereocenters. The zero-order chi connectivity index (χ0) is 34.4. The summed E-state index contributed by atoms with van der Waals surface area (Å²) in [5.41, 5.74) is 2.71. The number of aliphatic hydroxyl groups is 2. The van der Waals surface area contributed by atoms with E-state index >= 15 is 8.78 Å². The van der Waals surface area contributed by atoms with E-state index in [0.717, 1.165) is 25.1 Å². The fourth-order valence-electron chi connectivity index (χ4n) is 7.92. The van der Waals surface area contributed by atoms with E-state index in [9.17, 15) is 14.6 Å². The van der Waals surface area contributed by atoms with E-state index in [1.807, 2.05) is 29.5 Å². The van der Waals surface area contributed by atoms with Gasteiger partial charge in [0.25, 0.3) is 0 Å². The highest BCUT2D eigenvalue weighted by atomic mass is 19.1. The van der Waals surface area contributed by atoms with E-state index < -0.39 is 29.4 Å². The van der Waals surface area contributed by atoms with Gasteiger partial charge >= 0.3 is 6.01 Å². The summed E-state index contributed by atoms with van der Waals surface area (Å²) in [6.45, 7) is 7.94. The van der Waals surface area contributed by atoms with E-state index in [1.54, 1.807) is 13.0 Å². The molecular weight excluding hydrogens is 635 g/mol. The molecule has 0 radical (unpaired) electrons. The van der Waals surface area contributed by atoms with Gasteiger partial charge in [0.1, 0.15) is 35.6 Å². The van der Waals surface area contributed by atoms with Gasteiger partial charge in [0.05, 0.1) is 41.6 Å². The maximum absolute atomic E-state index is 17.1. The van der Waals surface area contributed by atoms with E-state index in [2.05, 4.69) is 20.0 Å². The first-order valence-corrected chi connectivity index (χ1v) is 17.1. The number of pyridine rings is 1. The van der Waals surface area contributed by atoms with Crippen molar-refractivity contribution >= 4 is 22.3 Å². The van der Waals surface area contributed by atoms with Crippen LogP contribution in [0.4, 0.5) is 19.0 Å². The van der Waals surface area contributed by atoms with Gasteiger partial charge in [-0.25, -0.2) is 13.2 Å². The summed E-state index contributed by atoms with van der Waals surface area (Å²) < 4.78 is 54.9. The number of anilines is 1. The lowest BCUT2D eigenvalue weighted by molar-refractivity contribution is 0.107. The standard InChI is InChI=1S/C36H42F3N7O3/c1-4-26-29(38)8-7-21(2)30(26)27(13-22(3)48)32-31(39)33-28(16-40-32)34(44-10-6-12-46-25(18-44)14-24(19-47)43-46)42-35(41-33)49-20-36-9-5-11-45(36)17-23(37)15-36/h7-8,13-14,16,22-23,47-48H,4-6,9-12,15,17-20H2,1-3H3/b27-13+/t22?,23-,36+/m1/s1. The second-order valence-corrected chi connectivity index (χ2v) is 13.6. The van der Waals surface area contributed by atoms with Crippen LogP contribution in [-0.2, 0) is 26.1 Å². The third kappa shape index (κ3) is 6.16. The third-order valence-electron chi connectivity index (χ3n) is 10.2. The largest absolute Gasteiger partial charge is 0.461 e. The second-order valence-electron chi connectivity index (χ2n) is 13.6. The van der Waals surface area contributed by atoms with Crippen LogP contribution in [0, 0.1) is 18.6 Å². The topological polar surface area (TPSA) is 113 Å². The molecule has 0 saturated carbocycles. The summed E-state index contributed by atoms with van der Waals surface area (Å²) in [7, 11) is 0. The van der Waals surface area contributed by atoms with E-state index in [1.165, 1.54) is 18.3 Å². The Bertz CT molecular complexity index is 1910. The number of aromatic nitrogens is 5. The lowest BCUT2D eigenvalue weighted by Crippen LogP contribution is -2.43. The number of hydrogen-bond donors (Lipinski definition) is 2. The van der Waals surface area contributed by atoms with Crippen molar-refractivity contribution < 1.29 is 28.1 Å². The van der Waals surface area contributed by atoms with Crippen LogP contribution >= 0.6 is 0 Å². The molecule has 7 rings (SSSR count). The molecule has 2 N–H and O–H groups in total. The van der Waals surface area contributed by atoms with Gasteiger partial charge < -0.3 is 19.8 Å². The number of aryl methyl sites for hydroxylation is 2. The highest BCUT2D eigenvalue weighted by molar-refractivity contribution is 5.93. The number of hydrogen-bond acceptors (Lipinski definition) is 9. The van der Waals surface area contributed by atoms with Crippen LogP contribution in [0.1, 0.15) is 73.3 Å². The van der Waals surface area contributed by atoms with Crippen LogP contribution < -0.4 is 9.64 Å². The Morgan fingerprint density at radius 1 is 1.18 bits per heavy atom. The van der Waals surface area contributed by atoms with E-state index in [0.29, 0.717) is 79.0 Å². The number of ether oxygens (including phenoxy) is 1. The Morgan fingerprint density at radius 2 is 2.02 bits per heavy atom. The zero-order valence-electron chi connectivity index (χ0n) is 28.1. The summed E-state index contributed by atoms with van der Waals surface area (Å²) in [5.74, 6) is -0.754. The van der Waals surface area contributed by atoms with Gasteiger partial charge in [-0.3, -0.25) is 14.6 Å². The number of aliphatic hydroxyl groups excluding tert-OH is 2. The van der Waals surface area contributed by atoms with E-state index in [4.69, 9.17) is 9.72 Å². The predicted octanol–water partition coefficient (Wildman–Crippen LogP) is 5.04. The maximum atomic E-state index is 17.1. The molecule has 4 aromatic rings.